The Morgan fingerprint density at radius 1 is 1.38 bits per heavy atom. The number of rotatable bonds is 0. The summed E-state index contributed by atoms with van der Waals surface area (Å²) in [5.74, 6) is 0.823. The lowest BCUT2D eigenvalue weighted by atomic mass is 9.85. The second-order valence-electron chi connectivity index (χ2n) is 4.50. The van der Waals surface area contributed by atoms with Crippen LogP contribution in [0.25, 0.3) is 0 Å². The molecule has 0 aliphatic carbocycles. The van der Waals surface area contributed by atoms with Gasteiger partial charge in [0, 0.05) is 22.9 Å². The fourth-order valence-corrected chi connectivity index (χ4v) is 2.95. The topological polar surface area (TPSA) is 41.5 Å². The molecule has 1 atom stereocenters. The standard InChI is InChI=1S/C12H14BrNO2/c13-8-1-2-9-10(7-8)16-12(11(9)15)3-5-14-6-4-12/h1-2,7,11,14-15H,3-6H2. The van der Waals surface area contributed by atoms with E-state index in [0.717, 1.165) is 41.7 Å². The summed E-state index contributed by atoms with van der Waals surface area (Å²) in [7, 11) is 0. The van der Waals surface area contributed by atoms with E-state index in [1.165, 1.54) is 0 Å². The quantitative estimate of drug-likeness (QED) is 0.765. The van der Waals surface area contributed by atoms with Crippen molar-refractivity contribution in [2.45, 2.75) is 24.5 Å². The summed E-state index contributed by atoms with van der Waals surface area (Å²) in [6, 6.07) is 5.84. The van der Waals surface area contributed by atoms with Crippen molar-refractivity contribution >= 4 is 15.9 Å². The summed E-state index contributed by atoms with van der Waals surface area (Å²) in [6.07, 6.45) is 1.23. The highest BCUT2D eigenvalue weighted by atomic mass is 79.9. The number of hydrogen-bond donors (Lipinski definition) is 2. The van der Waals surface area contributed by atoms with Crippen LogP contribution in [0, 0.1) is 0 Å². The predicted molar refractivity (Wildman–Crippen MR) is 64.6 cm³/mol. The molecule has 1 fully saturated rings. The van der Waals surface area contributed by atoms with E-state index < -0.39 is 11.7 Å². The highest BCUT2D eigenvalue weighted by molar-refractivity contribution is 9.10. The zero-order valence-corrected chi connectivity index (χ0v) is 10.5. The third-order valence-electron chi connectivity index (χ3n) is 3.53. The first-order chi connectivity index (χ1) is 7.71. The molecule has 0 aromatic heterocycles. The molecule has 4 heteroatoms. The van der Waals surface area contributed by atoms with Crippen LogP contribution in [0.3, 0.4) is 0 Å². The van der Waals surface area contributed by atoms with Gasteiger partial charge in [0.05, 0.1) is 0 Å². The van der Waals surface area contributed by atoms with Crippen molar-refractivity contribution in [1.82, 2.24) is 5.32 Å². The van der Waals surface area contributed by atoms with E-state index in [1.54, 1.807) is 0 Å². The zero-order valence-electron chi connectivity index (χ0n) is 8.87. The number of piperidine rings is 1. The van der Waals surface area contributed by atoms with Crippen molar-refractivity contribution in [3.8, 4) is 5.75 Å². The molecule has 1 aromatic carbocycles. The first kappa shape index (κ1) is 10.6. The van der Waals surface area contributed by atoms with E-state index in [9.17, 15) is 5.11 Å². The third-order valence-corrected chi connectivity index (χ3v) is 4.02. The van der Waals surface area contributed by atoms with Gasteiger partial charge >= 0.3 is 0 Å². The minimum Gasteiger partial charge on any atom is -0.484 e. The van der Waals surface area contributed by atoms with Crippen LogP contribution in [0.2, 0.25) is 0 Å². The number of aliphatic hydroxyl groups is 1. The second-order valence-corrected chi connectivity index (χ2v) is 5.42. The molecule has 3 nitrogen and oxygen atoms in total. The summed E-state index contributed by atoms with van der Waals surface area (Å²) in [5.41, 5.74) is 0.527. The van der Waals surface area contributed by atoms with E-state index in [1.807, 2.05) is 18.2 Å². The smallest absolute Gasteiger partial charge is 0.141 e. The van der Waals surface area contributed by atoms with Crippen molar-refractivity contribution in [3.05, 3.63) is 28.2 Å². The van der Waals surface area contributed by atoms with Crippen LogP contribution in [-0.2, 0) is 0 Å². The molecule has 3 rings (SSSR count). The molecular weight excluding hydrogens is 270 g/mol. The highest BCUT2D eigenvalue weighted by Crippen LogP contribution is 2.48. The molecule has 0 amide bonds. The average molecular weight is 284 g/mol. The van der Waals surface area contributed by atoms with Crippen molar-refractivity contribution in [3.63, 3.8) is 0 Å². The molecule has 0 saturated carbocycles. The second kappa shape index (κ2) is 3.72. The van der Waals surface area contributed by atoms with Crippen molar-refractivity contribution in [2.75, 3.05) is 13.1 Å². The van der Waals surface area contributed by atoms with Crippen LogP contribution < -0.4 is 10.1 Å². The van der Waals surface area contributed by atoms with Gasteiger partial charge < -0.3 is 15.2 Å². The number of ether oxygens (including phenoxy) is 1. The molecule has 2 aliphatic rings. The van der Waals surface area contributed by atoms with Crippen LogP contribution in [0.5, 0.6) is 5.75 Å². The number of halogens is 1. The molecule has 2 aliphatic heterocycles. The van der Waals surface area contributed by atoms with Crippen molar-refractivity contribution in [2.24, 2.45) is 0 Å². The van der Waals surface area contributed by atoms with Gasteiger partial charge in [0.25, 0.3) is 0 Å². The molecule has 2 heterocycles. The molecular formula is C12H14BrNO2. The maximum Gasteiger partial charge on any atom is 0.141 e. The number of aliphatic hydroxyl groups excluding tert-OH is 1. The van der Waals surface area contributed by atoms with E-state index in [-0.39, 0.29) is 0 Å². The van der Waals surface area contributed by atoms with Crippen LogP contribution >= 0.6 is 15.9 Å². The fraction of sp³-hybridized carbons (Fsp3) is 0.500. The summed E-state index contributed by atoms with van der Waals surface area (Å²) in [6.45, 7) is 1.82. The Hall–Kier alpha value is -0.580. The number of benzene rings is 1. The van der Waals surface area contributed by atoms with Gasteiger partial charge in [0.15, 0.2) is 0 Å². The van der Waals surface area contributed by atoms with E-state index in [2.05, 4.69) is 21.2 Å². The van der Waals surface area contributed by atoms with Crippen LogP contribution in [-0.4, -0.2) is 23.8 Å². The van der Waals surface area contributed by atoms with E-state index >= 15 is 0 Å². The first-order valence-electron chi connectivity index (χ1n) is 5.59. The highest BCUT2D eigenvalue weighted by Gasteiger charge is 2.48. The molecule has 16 heavy (non-hydrogen) atoms. The van der Waals surface area contributed by atoms with E-state index in [0.29, 0.717) is 0 Å². The van der Waals surface area contributed by atoms with Gasteiger partial charge in [-0.15, -0.1) is 0 Å². The molecule has 1 unspecified atom stereocenters. The first-order valence-corrected chi connectivity index (χ1v) is 6.38. The molecule has 1 spiro atoms. The lowest BCUT2D eigenvalue weighted by molar-refractivity contribution is -0.0484. The fourth-order valence-electron chi connectivity index (χ4n) is 2.61. The molecule has 1 aromatic rings. The molecule has 0 bridgehead atoms. The minimum absolute atomic E-state index is 0.394. The van der Waals surface area contributed by atoms with Crippen LogP contribution in [0.4, 0.5) is 0 Å². The number of hydrogen-bond acceptors (Lipinski definition) is 3. The number of fused-ring (bicyclic) bond motifs is 1. The van der Waals surface area contributed by atoms with Gasteiger partial charge in [-0.25, -0.2) is 0 Å². The molecule has 2 N–H and O–H groups in total. The Morgan fingerprint density at radius 2 is 2.12 bits per heavy atom. The maximum atomic E-state index is 10.4. The predicted octanol–water partition coefficient (Wildman–Crippen LogP) is 2.00. The number of nitrogens with one attached hydrogen (secondary N) is 1. The van der Waals surface area contributed by atoms with Crippen molar-refractivity contribution in [1.29, 1.82) is 0 Å². The third kappa shape index (κ3) is 1.48. The average Bonchev–Trinajstić information content (AvgIpc) is 2.53. The maximum absolute atomic E-state index is 10.4. The summed E-state index contributed by atoms with van der Waals surface area (Å²) in [4.78, 5) is 0. The summed E-state index contributed by atoms with van der Waals surface area (Å²) < 4.78 is 7.00. The minimum atomic E-state index is -0.488. The van der Waals surface area contributed by atoms with Crippen LogP contribution in [0.15, 0.2) is 22.7 Å². The van der Waals surface area contributed by atoms with Gasteiger partial charge in [0.1, 0.15) is 17.5 Å². The molecule has 1 saturated heterocycles. The Balaban J connectivity index is 1.98. The van der Waals surface area contributed by atoms with Gasteiger partial charge in [-0.3, -0.25) is 0 Å². The lowest BCUT2D eigenvalue weighted by Crippen LogP contribution is -2.47. The zero-order chi connectivity index (χ0) is 11.2. The molecule has 0 radical (unpaired) electrons. The Bertz CT molecular complexity index is 415. The monoisotopic (exact) mass is 283 g/mol. The Labute approximate surface area is 103 Å². The SMILES string of the molecule is OC1c2ccc(Br)cc2OC12CCNCC2. The lowest BCUT2D eigenvalue weighted by Gasteiger charge is -2.35. The van der Waals surface area contributed by atoms with Gasteiger partial charge in [-0.2, -0.15) is 0 Å². The van der Waals surface area contributed by atoms with Gasteiger partial charge in [-0.05, 0) is 25.2 Å². The largest absolute Gasteiger partial charge is 0.484 e. The van der Waals surface area contributed by atoms with Crippen LogP contribution in [0.1, 0.15) is 24.5 Å². The van der Waals surface area contributed by atoms with Crippen molar-refractivity contribution < 1.29 is 9.84 Å². The summed E-state index contributed by atoms with van der Waals surface area (Å²) in [5, 5.41) is 13.7. The van der Waals surface area contributed by atoms with Gasteiger partial charge in [0.2, 0.25) is 0 Å². The summed E-state index contributed by atoms with van der Waals surface area (Å²) >= 11 is 3.42. The van der Waals surface area contributed by atoms with E-state index in [4.69, 9.17) is 4.74 Å². The molecule has 86 valence electrons. The Kier molecular flexibility index (Phi) is 2.46. The Morgan fingerprint density at radius 3 is 2.88 bits per heavy atom. The van der Waals surface area contributed by atoms with Gasteiger partial charge in [-0.1, -0.05) is 22.0 Å². The normalized spacial score (nSPS) is 26.5.